The number of hydrogen-bond acceptors (Lipinski definition) is 2. The van der Waals surface area contributed by atoms with E-state index in [1.807, 2.05) is 6.92 Å². The maximum atomic E-state index is 4.35. The van der Waals surface area contributed by atoms with E-state index in [-0.39, 0.29) is 5.54 Å². The van der Waals surface area contributed by atoms with Crippen molar-refractivity contribution in [1.82, 2.24) is 5.43 Å². The second kappa shape index (κ2) is 5.94. The highest BCUT2D eigenvalue weighted by Crippen LogP contribution is 2.28. The van der Waals surface area contributed by atoms with Crippen molar-refractivity contribution in [2.45, 2.75) is 53.5 Å². The molecule has 1 N–H and O–H groups in total. The molecule has 0 saturated carbocycles. The van der Waals surface area contributed by atoms with Crippen molar-refractivity contribution < 1.29 is 0 Å². The van der Waals surface area contributed by atoms with Gasteiger partial charge in [-0.05, 0) is 31.8 Å². The summed E-state index contributed by atoms with van der Waals surface area (Å²) in [6.45, 7) is 16.9. The van der Waals surface area contributed by atoms with Gasteiger partial charge in [0, 0.05) is 0 Å². The molecule has 0 aromatic rings. The lowest BCUT2D eigenvalue weighted by Crippen LogP contribution is -2.49. The minimum Gasteiger partial charge on any atom is -0.303 e. The minimum atomic E-state index is 0.0546. The first kappa shape index (κ1) is 14.2. The number of nitrogens with zero attached hydrogens (tertiary/aromatic N) is 1. The van der Waals surface area contributed by atoms with Gasteiger partial charge in [0.1, 0.15) is 0 Å². The largest absolute Gasteiger partial charge is 0.303 e. The van der Waals surface area contributed by atoms with Crippen LogP contribution in [0.25, 0.3) is 0 Å². The Morgan fingerprint density at radius 1 is 1.47 bits per heavy atom. The smallest absolute Gasteiger partial charge is 0.0569 e. The lowest BCUT2D eigenvalue weighted by Gasteiger charge is -2.39. The van der Waals surface area contributed by atoms with Gasteiger partial charge in [-0.3, -0.25) is 0 Å². The Kier molecular flexibility index (Phi) is 5.63. The van der Waals surface area contributed by atoms with E-state index >= 15 is 0 Å². The summed E-state index contributed by atoms with van der Waals surface area (Å²) in [6.07, 6.45) is 2.93. The summed E-state index contributed by atoms with van der Waals surface area (Å²) in [6, 6.07) is 0. The van der Waals surface area contributed by atoms with E-state index in [0.29, 0.717) is 11.8 Å². The number of hydrogen-bond donors (Lipinski definition) is 1. The van der Waals surface area contributed by atoms with Gasteiger partial charge >= 0.3 is 0 Å². The highest BCUT2D eigenvalue weighted by Gasteiger charge is 2.33. The third-order valence-electron chi connectivity index (χ3n) is 3.60. The number of nitrogens with one attached hydrogen (secondary N) is 1. The minimum absolute atomic E-state index is 0.0546. The molecule has 0 radical (unpaired) electrons. The average molecular weight is 210 g/mol. The third-order valence-corrected chi connectivity index (χ3v) is 3.60. The summed E-state index contributed by atoms with van der Waals surface area (Å²) < 4.78 is 0. The summed E-state index contributed by atoms with van der Waals surface area (Å²) >= 11 is 0. The molecule has 0 unspecified atom stereocenters. The van der Waals surface area contributed by atoms with E-state index in [2.05, 4.69) is 51.7 Å². The van der Waals surface area contributed by atoms with Gasteiger partial charge < -0.3 is 5.43 Å². The van der Waals surface area contributed by atoms with Gasteiger partial charge in [0.05, 0.1) is 11.3 Å². The Hall–Kier alpha value is -0.790. The van der Waals surface area contributed by atoms with Gasteiger partial charge in [0.25, 0.3) is 0 Å². The molecule has 0 fully saturated rings. The first-order chi connectivity index (χ1) is 6.88. The molecular formula is C13H26N2. The van der Waals surface area contributed by atoms with E-state index < -0.39 is 0 Å². The molecule has 0 aliphatic rings. The zero-order valence-corrected chi connectivity index (χ0v) is 11.1. The fraction of sp³-hybridized carbons (Fsp3) is 0.769. The van der Waals surface area contributed by atoms with Crippen molar-refractivity contribution in [3.05, 3.63) is 12.7 Å². The van der Waals surface area contributed by atoms with Crippen molar-refractivity contribution in [2.75, 3.05) is 0 Å². The van der Waals surface area contributed by atoms with Crippen LogP contribution in [-0.4, -0.2) is 11.3 Å². The maximum Gasteiger partial charge on any atom is 0.0569 e. The van der Waals surface area contributed by atoms with Crippen LogP contribution in [0.15, 0.2) is 17.8 Å². The number of rotatable bonds is 6. The zero-order chi connectivity index (χ0) is 12.1. The summed E-state index contributed by atoms with van der Waals surface area (Å²) in [7, 11) is 0. The molecule has 0 bridgehead atoms. The Bertz CT molecular complexity index is 231. The highest BCUT2D eigenvalue weighted by molar-refractivity contribution is 5.91. The summed E-state index contributed by atoms with van der Waals surface area (Å²) in [4.78, 5) is 0. The first-order valence-corrected chi connectivity index (χ1v) is 5.82. The monoisotopic (exact) mass is 210 g/mol. The van der Waals surface area contributed by atoms with Gasteiger partial charge in [-0.15, -0.1) is 0 Å². The van der Waals surface area contributed by atoms with Crippen molar-refractivity contribution in [3.8, 4) is 0 Å². The third kappa shape index (κ3) is 3.69. The Morgan fingerprint density at radius 2 is 2.00 bits per heavy atom. The SMILES string of the molecule is C=C/C(C)=N\N[C@](C)(C(C)C)[C@@H](C)CC. The quantitative estimate of drug-likeness (QED) is 0.526. The molecule has 0 aliphatic heterocycles. The van der Waals surface area contributed by atoms with Crippen LogP contribution >= 0.6 is 0 Å². The van der Waals surface area contributed by atoms with Crippen LogP contribution in [0.1, 0.15) is 48.0 Å². The van der Waals surface area contributed by atoms with Gasteiger partial charge in [0.15, 0.2) is 0 Å². The van der Waals surface area contributed by atoms with E-state index in [1.54, 1.807) is 6.08 Å². The molecule has 0 aromatic heterocycles. The highest BCUT2D eigenvalue weighted by atomic mass is 15.3. The van der Waals surface area contributed by atoms with E-state index in [9.17, 15) is 0 Å². The lowest BCUT2D eigenvalue weighted by molar-refractivity contribution is 0.173. The average Bonchev–Trinajstić information content (AvgIpc) is 2.23. The second-order valence-electron chi connectivity index (χ2n) is 4.82. The van der Waals surface area contributed by atoms with E-state index in [4.69, 9.17) is 0 Å². The van der Waals surface area contributed by atoms with Crippen LogP contribution in [0.2, 0.25) is 0 Å². The van der Waals surface area contributed by atoms with Gasteiger partial charge in [-0.1, -0.05) is 40.7 Å². The normalized spacial score (nSPS) is 18.5. The van der Waals surface area contributed by atoms with Gasteiger partial charge in [0.2, 0.25) is 0 Å². The van der Waals surface area contributed by atoms with E-state index in [0.717, 1.165) is 12.1 Å². The van der Waals surface area contributed by atoms with E-state index in [1.165, 1.54) is 0 Å². The Balaban J connectivity index is 4.74. The molecule has 15 heavy (non-hydrogen) atoms. The molecule has 0 aliphatic carbocycles. The molecule has 0 aromatic carbocycles. The Morgan fingerprint density at radius 3 is 2.33 bits per heavy atom. The lowest BCUT2D eigenvalue weighted by atomic mass is 9.77. The van der Waals surface area contributed by atoms with Crippen molar-refractivity contribution in [2.24, 2.45) is 16.9 Å². The van der Waals surface area contributed by atoms with Crippen LogP contribution in [0, 0.1) is 11.8 Å². The van der Waals surface area contributed by atoms with Crippen molar-refractivity contribution >= 4 is 5.71 Å². The fourth-order valence-electron chi connectivity index (χ4n) is 1.49. The zero-order valence-electron chi connectivity index (χ0n) is 11.1. The molecule has 0 saturated heterocycles. The predicted molar refractivity (Wildman–Crippen MR) is 69.1 cm³/mol. The van der Waals surface area contributed by atoms with Crippen LogP contribution in [0.4, 0.5) is 0 Å². The van der Waals surface area contributed by atoms with Crippen LogP contribution in [-0.2, 0) is 0 Å². The molecule has 0 spiro atoms. The maximum absolute atomic E-state index is 4.35. The molecule has 2 atom stereocenters. The summed E-state index contributed by atoms with van der Waals surface area (Å²) in [5.74, 6) is 1.15. The molecule has 2 nitrogen and oxygen atoms in total. The first-order valence-electron chi connectivity index (χ1n) is 5.82. The number of allylic oxidation sites excluding steroid dienone is 1. The topological polar surface area (TPSA) is 24.4 Å². The van der Waals surface area contributed by atoms with Gasteiger partial charge in [-0.2, -0.15) is 5.10 Å². The molecule has 0 heterocycles. The second-order valence-corrected chi connectivity index (χ2v) is 4.82. The predicted octanol–water partition coefficient (Wildman–Crippen LogP) is 3.60. The van der Waals surface area contributed by atoms with Crippen molar-refractivity contribution in [3.63, 3.8) is 0 Å². The van der Waals surface area contributed by atoms with Crippen LogP contribution < -0.4 is 5.43 Å². The fourth-order valence-corrected chi connectivity index (χ4v) is 1.49. The molecule has 2 heteroatoms. The molecular weight excluding hydrogens is 184 g/mol. The molecule has 0 amide bonds. The number of hydrazone groups is 1. The van der Waals surface area contributed by atoms with Crippen LogP contribution in [0.3, 0.4) is 0 Å². The standard InChI is InChI=1S/C13H26N2/c1-8-11(5)13(7,10(3)4)15-14-12(6)9-2/h9-11,15H,2,8H2,1,3-7H3/b14-12-/t11-,13+/m0/s1. The summed E-state index contributed by atoms with van der Waals surface area (Å²) in [5, 5.41) is 4.35. The molecule has 88 valence electrons. The van der Waals surface area contributed by atoms with Gasteiger partial charge in [-0.25, -0.2) is 0 Å². The Labute approximate surface area is 94.8 Å². The summed E-state index contributed by atoms with van der Waals surface area (Å²) in [5.41, 5.74) is 4.30. The van der Waals surface area contributed by atoms with Crippen LogP contribution in [0.5, 0.6) is 0 Å². The van der Waals surface area contributed by atoms with Crippen molar-refractivity contribution in [1.29, 1.82) is 0 Å². The molecule has 0 rings (SSSR count).